The van der Waals surface area contributed by atoms with Gasteiger partial charge in [-0.3, -0.25) is 9.80 Å². The van der Waals surface area contributed by atoms with Crippen molar-refractivity contribution in [2.24, 2.45) is 0 Å². The van der Waals surface area contributed by atoms with Crippen molar-refractivity contribution >= 4 is 6.08 Å². The van der Waals surface area contributed by atoms with Crippen molar-refractivity contribution in [1.29, 1.82) is 0 Å². The quantitative estimate of drug-likeness (QED) is 0.460. The fourth-order valence-electron chi connectivity index (χ4n) is 4.05. The van der Waals surface area contributed by atoms with E-state index < -0.39 is 0 Å². The summed E-state index contributed by atoms with van der Waals surface area (Å²) >= 11 is 0. The topological polar surface area (TPSA) is 15.7 Å². The first kappa shape index (κ1) is 22.4. The lowest BCUT2D eigenvalue weighted by atomic mass is 10.0. The molecule has 3 aromatic carbocycles. The molecule has 0 aliphatic carbocycles. The van der Waals surface area contributed by atoms with Gasteiger partial charge < -0.3 is 4.74 Å². The summed E-state index contributed by atoms with van der Waals surface area (Å²) in [6.45, 7) is 6.77. The normalized spacial score (nSPS) is 15.6. The van der Waals surface area contributed by atoms with Crippen LogP contribution in [0.15, 0.2) is 91.0 Å². The summed E-state index contributed by atoms with van der Waals surface area (Å²) in [4.78, 5) is 4.93. The van der Waals surface area contributed by atoms with E-state index in [-0.39, 0.29) is 11.9 Å². The Morgan fingerprint density at radius 2 is 1.31 bits per heavy atom. The maximum Gasteiger partial charge on any atom is 0.123 e. The molecule has 1 heterocycles. The Bertz CT molecular complexity index is 912. The monoisotopic (exact) mass is 430 g/mol. The highest BCUT2D eigenvalue weighted by Gasteiger charge is 2.18. The number of hydrogen-bond acceptors (Lipinski definition) is 3. The number of piperazine rings is 1. The largest absolute Gasteiger partial charge is 0.367 e. The van der Waals surface area contributed by atoms with E-state index in [1.807, 2.05) is 24.3 Å². The Balaban J connectivity index is 1.21. The minimum Gasteiger partial charge on any atom is -0.367 e. The van der Waals surface area contributed by atoms with Gasteiger partial charge in [0.1, 0.15) is 11.9 Å². The van der Waals surface area contributed by atoms with Crippen LogP contribution < -0.4 is 0 Å². The van der Waals surface area contributed by atoms with Crippen molar-refractivity contribution in [3.8, 4) is 0 Å². The molecule has 1 aliphatic rings. The van der Waals surface area contributed by atoms with Gasteiger partial charge in [0, 0.05) is 39.3 Å². The van der Waals surface area contributed by atoms with Crippen molar-refractivity contribution in [1.82, 2.24) is 9.80 Å². The van der Waals surface area contributed by atoms with E-state index in [9.17, 15) is 4.39 Å². The van der Waals surface area contributed by atoms with E-state index in [2.05, 4.69) is 70.5 Å². The molecule has 4 rings (SSSR count). The number of rotatable bonds is 9. The summed E-state index contributed by atoms with van der Waals surface area (Å²) in [6.07, 6.45) is 4.19. The van der Waals surface area contributed by atoms with Gasteiger partial charge in [-0.15, -0.1) is 0 Å². The Hall–Kier alpha value is -2.79. The molecule has 3 aromatic rings. The molecule has 32 heavy (non-hydrogen) atoms. The molecule has 166 valence electrons. The molecule has 1 fully saturated rings. The second kappa shape index (κ2) is 11.7. The fraction of sp³-hybridized carbons (Fsp3) is 0.286. The first-order valence-electron chi connectivity index (χ1n) is 11.4. The highest BCUT2D eigenvalue weighted by Crippen LogP contribution is 2.25. The molecule has 0 spiro atoms. The van der Waals surface area contributed by atoms with Gasteiger partial charge in [-0.2, -0.15) is 0 Å². The van der Waals surface area contributed by atoms with Crippen LogP contribution in [0.5, 0.6) is 0 Å². The molecule has 0 aromatic heterocycles. The van der Waals surface area contributed by atoms with E-state index in [0.29, 0.717) is 6.61 Å². The summed E-state index contributed by atoms with van der Waals surface area (Å²) in [5.74, 6) is -0.193. The van der Waals surface area contributed by atoms with Crippen molar-refractivity contribution in [2.45, 2.75) is 6.10 Å². The second-order valence-electron chi connectivity index (χ2n) is 8.17. The Kier molecular flexibility index (Phi) is 8.21. The van der Waals surface area contributed by atoms with E-state index in [1.54, 1.807) is 0 Å². The third-order valence-corrected chi connectivity index (χ3v) is 5.91. The Morgan fingerprint density at radius 3 is 1.91 bits per heavy atom. The summed E-state index contributed by atoms with van der Waals surface area (Å²) < 4.78 is 19.4. The van der Waals surface area contributed by atoms with Crippen LogP contribution in [0.2, 0.25) is 0 Å². The molecule has 0 atom stereocenters. The van der Waals surface area contributed by atoms with Crippen LogP contribution in [0.25, 0.3) is 6.08 Å². The van der Waals surface area contributed by atoms with Gasteiger partial charge in [0.2, 0.25) is 0 Å². The summed E-state index contributed by atoms with van der Waals surface area (Å²) in [7, 11) is 0. The number of nitrogens with zero attached hydrogens (tertiary/aromatic N) is 2. The molecule has 0 radical (unpaired) electrons. The average molecular weight is 431 g/mol. The van der Waals surface area contributed by atoms with Crippen molar-refractivity contribution in [2.75, 3.05) is 45.9 Å². The number of benzene rings is 3. The van der Waals surface area contributed by atoms with E-state index in [4.69, 9.17) is 4.74 Å². The lowest BCUT2D eigenvalue weighted by Crippen LogP contribution is -2.47. The molecule has 0 saturated carbocycles. The van der Waals surface area contributed by atoms with Crippen LogP contribution in [0.1, 0.15) is 22.8 Å². The first-order chi connectivity index (χ1) is 15.8. The van der Waals surface area contributed by atoms with Gasteiger partial charge in [-0.05, 0) is 28.8 Å². The molecule has 1 aliphatic heterocycles. The Morgan fingerprint density at radius 1 is 0.750 bits per heavy atom. The first-order valence-corrected chi connectivity index (χ1v) is 11.4. The maximum absolute atomic E-state index is 13.0. The van der Waals surface area contributed by atoms with Gasteiger partial charge in [0.15, 0.2) is 0 Å². The van der Waals surface area contributed by atoms with Gasteiger partial charge in [0.05, 0.1) is 6.61 Å². The van der Waals surface area contributed by atoms with Crippen LogP contribution in [0.3, 0.4) is 0 Å². The zero-order valence-corrected chi connectivity index (χ0v) is 18.4. The fourth-order valence-corrected chi connectivity index (χ4v) is 4.05. The van der Waals surface area contributed by atoms with Gasteiger partial charge in [-0.1, -0.05) is 84.9 Å². The minimum atomic E-state index is -0.193. The average Bonchev–Trinajstić information content (AvgIpc) is 2.85. The predicted octanol–water partition coefficient (Wildman–Crippen LogP) is 5.26. The smallest absolute Gasteiger partial charge is 0.123 e. The van der Waals surface area contributed by atoms with Crippen LogP contribution in [-0.4, -0.2) is 55.7 Å². The molecule has 0 bridgehead atoms. The van der Waals surface area contributed by atoms with E-state index in [1.165, 1.54) is 23.3 Å². The SMILES string of the molecule is Fc1ccc(/C=C/CN2CCN(CCOC(c3ccccc3)c3ccccc3)CC2)cc1. The molecule has 4 heteroatoms. The van der Waals surface area contributed by atoms with Crippen LogP contribution in [0, 0.1) is 5.82 Å². The lowest BCUT2D eigenvalue weighted by Gasteiger charge is -2.34. The maximum atomic E-state index is 13.0. The van der Waals surface area contributed by atoms with Crippen molar-refractivity contribution in [3.63, 3.8) is 0 Å². The van der Waals surface area contributed by atoms with Crippen molar-refractivity contribution < 1.29 is 9.13 Å². The Labute approximate surface area is 190 Å². The highest BCUT2D eigenvalue weighted by molar-refractivity contribution is 5.48. The van der Waals surface area contributed by atoms with E-state index in [0.717, 1.165) is 44.8 Å². The molecule has 0 unspecified atom stereocenters. The standard InChI is InChI=1S/C28H31FN2O/c29-27-15-13-24(14-16-27)8-7-17-30-18-20-31(21-19-30)22-23-32-28(25-9-3-1-4-10-25)26-11-5-2-6-12-26/h1-16,28H,17-23H2/b8-7+. The number of halogens is 1. The van der Waals surface area contributed by atoms with Gasteiger partial charge >= 0.3 is 0 Å². The van der Waals surface area contributed by atoms with Crippen LogP contribution in [0.4, 0.5) is 4.39 Å². The third kappa shape index (κ3) is 6.60. The van der Waals surface area contributed by atoms with Crippen LogP contribution >= 0.6 is 0 Å². The lowest BCUT2D eigenvalue weighted by molar-refractivity contribution is 0.0468. The molecular weight excluding hydrogens is 399 g/mol. The van der Waals surface area contributed by atoms with Gasteiger partial charge in [0.25, 0.3) is 0 Å². The number of hydrogen-bond donors (Lipinski definition) is 0. The molecule has 0 N–H and O–H groups in total. The van der Waals surface area contributed by atoms with Crippen LogP contribution in [-0.2, 0) is 4.74 Å². The molecule has 0 amide bonds. The summed E-state index contributed by atoms with van der Waals surface area (Å²) in [5, 5.41) is 0. The third-order valence-electron chi connectivity index (χ3n) is 5.91. The number of ether oxygens (including phenoxy) is 1. The molecular formula is C28H31FN2O. The van der Waals surface area contributed by atoms with Gasteiger partial charge in [-0.25, -0.2) is 4.39 Å². The zero-order chi connectivity index (χ0) is 22.0. The summed E-state index contributed by atoms with van der Waals surface area (Å²) in [5.41, 5.74) is 3.42. The predicted molar refractivity (Wildman–Crippen MR) is 129 cm³/mol. The minimum absolute atomic E-state index is 0.0321. The zero-order valence-electron chi connectivity index (χ0n) is 18.4. The highest BCUT2D eigenvalue weighted by atomic mass is 19.1. The van der Waals surface area contributed by atoms with Crippen molar-refractivity contribution in [3.05, 3.63) is 114 Å². The second-order valence-corrected chi connectivity index (χ2v) is 8.17. The molecule has 3 nitrogen and oxygen atoms in total. The summed E-state index contributed by atoms with van der Waals surface area (Å²) in [6, 6.07) is 27.5. The van der Waals surface area contributed by atoms with E-state index >= 15 is 0 Å². The molecule has 1 saturated heterocycles.